The van der Waals surface area contributed by atoms with Crippen LogP contribution in [0.15, 0.2) is 42.5 Å². The van der Waals surface area contributed by atoms with Gasteiger partial charge in [-0.1, -0.05) is 18.2 Å². The van der Waals surface area contributed by atoms with Crippen LogP contribution in [0.1, 0.15) is 37.3 Å². The Morgan fingerprint density at radius 3 is 2.69 bits per heavy atom. The van der Waals surface area contributed by atoms with E-state index in [0.29, 0.717) is 25.8 Å². The Kier molecular flexibility index (Phi) is 7.83. The number of aryl methyl sites for hydroxylation is 1. The van der Waals surface area contributed by atoms with E-state index in [1.807, 2.05) is 24.3 Å². The Bertz CT molecular complexity index is 965. The molecule has 0 bridgehead atoms. The number of likely N-dealkylation sites (tertiary alicyclic amines) is 1. The van der Waals surface area contributed by atoms with E-state index in [1.54, 1.807) is 18.9 Å². The number of benzene rings is 2. The molecule has 0 radical (unpaired) electrons. The van der Waals surface area contributed by atoms with E-state index in [9.17, 15) is 18.4 Å². The SMILES string of the molecule is CCOC(=O)[C@]1(Cc2ccc(F)cc2F)CCCN(C(=O)CCc2cccc(OC)c2)C1. The van der Waals surface area contributed by atoms with E-state index in [4.69, 9.17) is 9.47 Å². The fraction of sp³-hybridized carbons (Fsp3) is 0.440. The molecule has 2 aromatic rings. The molecule has 0 spiro atoms. The highest BCUT2D eigenvalue weighted by atomic mass is 19.1. The standard InChI is InChI=1S/C25H29F2NO4/c1-3-32-24(30)25(16-19-9-10-20(26)15-22(19)27)12-5-13-28(17-25)23(29)11-8-18-6-4-7-21(14-18)31-2/h4,6-7,9-10,14-15H,3,5,8,11-13,16-17H2,1-2H3/t25-/m0/s1. The smallest absolute Gasteiger partial charge is 0.314 e. The molecule has 1 atom stereocenters. The summed E-state index contributed by atoms with van der Waals surface area (Å²) in [6.07, 6.45) is 1.97. The number of hydrogen-bond donors (Lipinski definition) is 0. The summed E-state index contributed by atoms with van der Waals surface area (Å²) in [7, 11) is 1.59. The van der Waals surface area contributed by atoms with Gasteiger partial charge in [-0.2, -0.15) is 0 Å². The molecule has 2 aromatic carbocycles. The van der Waals surface area contributed by atoms with Gasteiger partial charge < -0.3 is 14.4 Å². The van der Waals surface area contributed by atoms with Gasteiger partial charge in [0.25, 0.3) is 0 Å². The summed E-state index contributed by atoms with van der Waals surface area (Å²) in [6, 6.07) is 10.9. The molecule has 1 aliphatic rings. The predicted molar refractivity (Wildman–Crippen MR) is 116 cm³/mol. The molecular formula is C25H29F2NO4. The van der Waals surface area contributed by atoms with Gasteiger partial charge in [-0.25, -0.2) is 8.78 Å². The average molecular weight is 446 g/mol. The van der Waals surface area contributed by atoms with Crippen LogP contribution in [0.25, 0.3) is 0 Å². The first-order chi connectivity index (χ1) is 15.4. The average Bonchev–Trinajstić information content (AvgIpc) is 2.80. The van der Waals surface area contributed by atoms with Crippen molar-refractivity contribution in [2.75, 3.05) is 26.8 Å². The molecule has 1 heterocycles. The lowest BCUT2D eigenvalue weighted by Gasteiger charge is -2.41. The minimum Gasteiger partial charge on any atom is -0.497 e. The van der Waals surface area contributed by atoms with Gasteiger partial charge in [0, 0.05) is 25.6 Å². The third-order valence-electron chi connectivity index (χ3n) is 5.94. The number of halogens is 2. The van der Waals surface area contributed by atoms with E-state index in [0.717, 1.165) is 17.4 Å². The maximum atomic E-state index is 14.4. The van der Waals surface area contributed by atoms with Crippen LogP contribution in [0.2, 0.25) is 0 Å². The molecular weight excluding hydrogens is 416 g/mol. The summed E-state index contributed by atoms with van der Waals surface area (Å²) >= 11 is 0. The molecule has 172 valence electrons. The molecule has 7 heteroatoms. The van der Waals surface area contributed by atoms with Crippen molar-refractivity contribution in [1.29, 1.82) is 0 Å². The van der Waals surface area contributed by atoms with Crippen LogP contribution >= 0.6 is 0 Å². The van der Waals surface area contributed by atoms with Crippen molar-refractivity contribution in [2.24, 2.45) is 5.41 Å². The normalized spacial score (nSPS) is 18.3. The van der Waals surface area contributed by atoms with E-state index in [2.05, 4.69) is 0 Å². The number of carbonyl (C=O) groups is 2. The maximum absolute atomic E-state index is 14.4. The monoisotopic (exact) mass is 445 g/mol. The molecule has 1 fully saturated rings. The topological polar surface area (TPSA) is 55.8 Å². The van der Waals surface area contributed by atoms with Crippen molar-refractivity contribution in [3.8, 4) is 5.75 Å². The Hall–Kier alpha value is -2.96. The second kappa shape index (κ2) is 10.6. The molecule has 0 aromatic heterocycles. The number of esters is 1. The molecule has 32 heavy (non-hydrogen) atoms. The zero-order valence-electron chi connectivity index (χ0n) is 18.5. The number of methoxy groups -OCH3 is 1. The van der Waals surface area contributed by atoms with Gasteiger partial charge in [0.15, 0.2) is 0 Å². The van der Waals surface area contributed by atoms with Crippen molar-refractivity contribution < 1.29 is 27.8 Å². The van der Waals surface area contributed by atoms with Crippen LogP contribution in [0, 0.1) is 17.0 Å². The van der Waals surface area contributed by atoms with Gasteiger partial charge in [-0.15, -0.1) is 0 Å². The van der Waals surface area contributed by atoms with Gasteiger partial charge in [-0.3, -0.25) is 9.59 Å². The van der Waals surface area contributed by atoms with Crippen molar-refractivity contribution in [3.05, 3.63) is 65.2 Å². The number of nitrogens with zero attached hydrogens (tertiary/aromatic N) is 1. The van der Waals surface area contributed by atoms with Crippen molar-refractivity contribution in [1.82, 2.24) is 4.90 Å². The lowest BCUT2D eigenvalue weighted by molar-refractivity contribution is -0.160. The lowest BCUT2D eigenvalue weighted by atomic mass is 9.74. The minimum atomic E-state index is -1.06. The molecule has 5 nitrogen and oxygen atoms in total. The van der Waals surface area contributed by atoms with Gasteiger partial charge >= 0.3 is 5.97 Å². The van der Waals surface area contributed by atoms with Crippen molar-refractivity contribution in [3.63, 3.8) is 0 Å². The first-order valence-corrected chi connectivity index (χ1v) is 10.9. The molecule has 0 N–H and O–H groups in total. The summed E-state index contributed by atoms with van der Waals surface area (Å²) < 4.78 is 38.3. The Morgan fingerprint density at radius 2 is 1.97 bits per heavy atom. The molecule has 0 saturated carbocycles. The first-order valence-electron chi connectivity index (χ1n) is 10.9. The summed E-state index contributed by atoms with van der Waals surface area (Å²) in [4.78, 5) is 27.6. The molecule has 1 amide bonds. The summed E-state index contributed by atoms with van der Waals surface area (Å²) in [5, 5.41) is 0. The third-order valence-corrected chi connectivity index (χ3v) is 5.94. The van der Waals surface area contributed by atoms with Gasteiger partial charge in [0.2, 0.25) is 5.91 Å². The minimum absolute atomic E-state index is 0.0532. The van der Waals surface area contributed by atoms with Crippen LogP contribution in [-0.4, -0.2) is 43.6 Å². The van der Waals surface area contributed by atoms with E-state index in [-0.39, 0.29) is 37.5 Å². The van der Waals surface area contributed by atoms with Crippen LogP contribution in [0.3, 0.4) is 0 Å². The van der Waals surface area contributed by atoms with Crippen molar-refractivity contribution in [2.45, 2.75) is 39.0 Å². The summed E-state index contributed by atoms with van der Waals surface area (Å²) in [5.74, 6) is -1.16. The zero-order chi connectivity index (χ0) is 23.1. The van der Waals surface area contributed by atoms with Crippen LogP contribution in [-0.2, 0) is 27.2 Å². The highest BCUT2D eigenvalue weighted by molar-refractivity contribution is 5.81. The quantitative estimate of drug-likeness (QED) is 0.568. The first kappa shape index (κ1) is 23.7. The van der Waals surface area contributed by atoms with Crippen LogP contribution in [0.4, 0.5) is 8.78 Å². The summed E-state index contributed by atoms with van der Waals surface area (Å²) in [6.45, 7) is 2.59. The van der Waals surface area contributed by atoms with Crippen LogP contribution < -0.4 is 4.74 Å². The number of carbonyl (C=O) groups excluding carboxylic acids is 2. The Labute approximate surface area is 187 Å². The van der Waals surface area contributed by atoms with Gasteiger partial charge in [0.1, 0.15) is 17.4 Å². The van der Waals surface area contributed by atoms with Crippen molar-refractivity contribution >= 4 is 11.9 Å². The number of amides is 1. The summed E-state index contributed by atoms with van der Waals surface area (Å²) in [5.41, 5.74) is 0.170. The maximum Gasteiger partial charge on any atom is 0.314 e. The fourth-order valence-electron chi connectivity index (χ4n) is 4.28. The molecule has 1 aliphatic heterocycles. The molecule has 3 rings (SSSR count). The van der Waals surface area contributed by atoms with E-state index < -0.39 is 23.0 Å². The second-order valence-corrected chi connectivity index (χ2v) is 8.18. The predicted octanol–water partition coefficient (Wildman–Crippen LogP) is 4.32. The largest absolute Gasteiger partial charge is 0.497 e. The highest BCUT2D eigenvalue weighted by Gasteiger charge is 2.45. The molecule has 0 aliphatic carbocycles. The number of hydrogen-bond acceptors (Lipinski definition) is 4. The number of piperidine rings is 1. The number of rotatable bonds is 8. The number of ether oxygens (including phenoxy) is 2. The Balaban J connectivity index is 1.75. The van der Waals surface area contributed by atoms with Gasteiger partial charge in [0.05, 0.1) is 19.1 Å². The van der Waals surface area contributed by atoms with E-state index in [1.165, 1.54) is 12.1 Å². The fourth-order valence-corrected chi connectivity index (χ4v) is 4.28. The highest BCUT2D eigenvalue weighted by Crippen LogP contribution is 2.36. The van der Waals surface area contributed by atoms with E-state index >= 15 is 0 Å². The van der Waals surface area contributed by atoms with Crippen LogP contribution in [0.5, 0.6) is 5.75 Å². The van der Waals surface area contributed by atoms with Gasteiger partial charge in [-0.05, 0) is 61.9 Å². The second-order valence-electron chi connectivity index (χ2n) is 8.18. The third kappa shape index (κ3) is 5.64. The molecule has 1 saturated heterocycles. The Morgan fingerprint density at radius 1 is 1.16 bits per heavy atom. The zero-order valence-corrected chi connectivity index (χ0v) is 18.5. The lowest BCUT2D eigenvalue weighted by Crippen LogP contribution is -2.51. The molecule has 0 unspecified atom stereocenters.